The van der Waals surface area contributed by atoms with Gasteiger partial charge in [0, 0.05) is 31.7 Å². The van der Waals surface area contributed by atoms with E-state index in [1.54, 1.807) is 14.2 Å². The molecule has 1 heterocycles. The zero-order valence-corrected chi connectivity index (χ0v) is 12.4. The molecule has 0 radical (unpaired) electrons. The summed E-state index contributed by atoms with van der Waals surface area (Å²) >= 11 is 0. The first-order chi connectivity index (χ1) is 9.80. The number of hydrogen-bond acceptors (Lipinski definition) is 4. The summed E-state index contributed by atoms with van der Waals surface area (Å²) in [5, 5.41) is 3.66. The minimum Gasteiger partial charge on any atom is -0.493 e. The average Bonchev–Trinajstić information content (AvgIpc) is 3.23. The monoisotopic (exact) mass is 276 g/mol. The van der Waals surface area contributed by atoms with Crippen molar-refractivity contribution in [1.82, 2.24) is 10.2 Å². The Morgan fingerprint density at radius 1 is 1.15 bits per heavy atom. The fourth-order valence-corrected chi connectivity index (χ4v) is 2.98. The molecule has 0 spiro atoms. The number of ether oxygens (including phenoxy) is 2. The third-order valence-electron chi connectivity index (χ3n) is 4.33. The van der Waals surface area contributed by atoms with E-state index >= 15 is 0 Å². The number of nitrogens with one attached hydrogen (secondary N) is 1. The maximum Gasteiger partial charge on any atom is 0.161 e. The molecule has 4 nitrogen and oxygen atoms in total. The highest BCUT2D eigenvalue weighted by atomic mass is 16.5. The predicted octanol–water partition coefficient (Wildman–Crippen LogP) is 2.03. The lowest BCUT2D eigenvalue weighted by atomic mass is 10.1. The Morgan fingerprint density at radius 2 is 1.95 bits per heavy atom. The van der Waals surface area contributed by atoms with E-state index in [4.69, 9.17) is 9.47 Å². The van der Waals surface area contributed by atoms with Crippen LogP contribution >= 0.6 is 0 Å². The minimum atomic E-state index is 0.628. The van der Waals surface area contributed by atoms with Crippen LogP contribution in [0, 0.1) is 0 Å². The van der Waals surface area contributed by atoms with Crippen molar-refractivity contribution in [2.45, 2.75) is 37.9 Å². The molecule has 110 valence electrons. The highest BCUT2D eigenvalue weighted by Gasteiger charge is 2.33. The minimum absolute atomic E-state index is 0.628. The Bertz CT molecular complexity index is 460. The van der Waals surface area contributed by atoms with Crippen LogP contribution in [0.15, 0.2) is 18.2 Å². The Morgan fingerprint density at radius 3 is 2.65 bits per heavy atom. The third kappa shape index (κ3) is 3.07. The smallest absolute Gasteiger partial charge is 0.161 e. The number of methoxy groups -OCH3 is 2. The molecule has 1 aromatic carbocycles. The summed E-state index contributed by atoms with van der Waals surface area (Å²) in [5.41, 5.74) is 1.24. The van der Waals surface area contributed by atoms with Crippen LogP contribution in [-0.2, 0) is 6.54 Å². The van der Waals surface area contributed by atoms with E-state index in [0.717, 1.165) is 24.1 Å². The van der Waals surface area contributed by atoms with Gasteiger partial charge in [0.05, 0.1) is 14.2 Å². The molecule has 1 aliphatic carbocycles. The number of hydrogen-bond donors (Lipinski definition) is 1. The highest BCUT2D eigenvalue weighted by molar-refractivity contribution is 5.42. The molecule has 2 fully saturated rings. The van der Waals surface area contributed by atoms with Gasteiger partial charge in [-0.3, -0.25) is 4.90 Å². The Hall–Kier alpha value is -1.26. The molecule has 1 saturated heterocycles. The van der Waals surface area contributed by atoms with Crippen molar-refractivity contribution in [3.05, 3.63) is 23.8 Å². The lowest BCUT2D eigenvalue weighted by molar-refractivity contribution is 0.317. The first-order valence-electron chi connectivity index (χ1n) is 7.48. The first-order valence-corrected chi connectivity index (χ1v) is 7.48. The molecule has 1 unspecified atom stereocenters. The fraction of sp³-hybridized carbons (Fsp3) is 0.625. The summed E-state index contributed by atoms with van der Waals surface area (Å²) in [6, 6.07) is 7.65. The maximum atomic E-state index is 5.34. The number of benzene rings is 1. The SMILES string of the molecule is COc1ccc(CNC2CCN(C3CC3)C2)cc1OC. The van der Waals surface area contributed by atoms with Crippen molar-refractivity contribution in [1.29, 1.82) is 0 Å². The molecule has 3 rings (SSSR count). The summed E-state index contributed by atoms with van der Waals surface area (Å²) in [6.07, 6.45) is 4.08. The normalized spacial score (nSPS) is 23.0. The molecule has 1 N–H and O–H groups in total. The molecule has 20 heavy (non-hydrogen) atoms. The maximum absolute atomic E-state index is 5.34. The summed E-state index contributed by atoms with van der Waals surface area (Å²) in [7, 11) is 3.35. The van der Waals surface area contributed by atoms with Gasteiger partial charge < -0.3 is 14.8 Å². The van der Waals surface area contributed by atoms with Crippen molar-refractivity contribution in [2.24, 2.45) is 0 Å². The highest BCUT2D eigenvalue weighted by Crippen LogP contribution is 2.30. The standard InChI is InChI=1S/C16H24N2O2/c1-19-15-6-3-12(9-16(15)20-2)10-17-13-7-8-18(11-13)14-4-5-14/h3,6,9,13-14,17H,4-5,7-8,10-11H2,1-2H3. The molecule has 1 atom stereocenters. The second kappa shape index (κ2) is 6.02. The number of likely N-dealkylation sites (tertiary alicyclic amines) is 1. The fourth-order valence-electron chi connectivity index (χ4n) is 2.98. The van der Waals surface area contributed by atoms with Crippen LogP contribution in [0.4, 0.5) is 0 Å². The lowest BCUT2D eigenvalue weighted by Gasteiger charge is -2.16. The van der Waals surface area contributed by atoms with Gasteiger partial charge in [-0.2, -0.15) is 0 Å². The van der Waals surface area contributed by atoms with Gasteiger partial charge in [-0.15, -0.1) is 0 Å². The molecular formula is C16H24N2O2. The van der Waals surface area contributed by atoms with Crippen LogP contribution < -0.4 is 14.8 Å². The quantitative estimate of drug-likeness (QED) is 0.862. The van der Waals surface area contributed by atoms with E-state index in [0.29, 0.717) is 6.04 Å². The molecule has 1 saturated carbocycles. The topological polar surface area (TPSA) is 33.7 Å². The van der Waals surface area contributed by atoms with Crippen LogP contribution in [0.5, 0.6) is 11.5 Å². The molecular weight excluding hydrogens is 252 g/mol. The summed E-state index contributed by atoms with van der Waals surface area (Å²) in [6.45, 7) is 3.36. The average molecular weight is 276 g/mol. The van der Waals surface area contributed by atoms with Crippen LogP contribution in [0.3, 0.4) is 0 Å². The van der Waals surface area contributed by atoms with Gasteiger partial charge >= 0.3 is 0 Å². The van der Waals surface area contributed by atoms with Gasteiger partial charge in [0.15, 0.2) is 11.5 Å². The molecule has 1 aromatic rings. The Kier molecular flexibility index (Phi) is 4.13. The Labute approximate surface area is 121 Å². The van der Waals surface area contributed by atoms with Crippen LogP contribution in [-0.4, -0.2) is 44.3 Å². The number of rotatable bonds is 6. The molecule has 1 aliphatic heterocycles. The molecule has 0 bridgehead atoms. The zero-order chi connectivity index (χ0) is 13.9. The zero-order valence-electron chi connectivity index (χ0n) is 12.4. The second-order valence-corrected chi connectivity index (χ2v) is 5.78. The van der Waals surface area contributed by atoms with Gasteiger partial charge in [0.25, 0.3) is 0 Å². The van der Waals surface area contributed by atoms with E-state index < -0.39 is 0 Å². The first kappa shape index (κ1) is 13.7. The van der Waals surface area contributed by atoms with Crippen molar-refractivity contribution in [3.63, 3.8) is 0 Å². The van der Waals surface area contributed by atoms with E-state index in [9.17, 15) is 0 Å². The van der Waals surface area contributed by atoms with E-state index in [-0.39, 0.29) is 0 Å². The van der Waals surface area contributed by atoms with Gasteiger partial charge in [0.2, 0.25) is 0 Å². The summed E-state index contributed by atoms with van der Waals surface area (Å²) in [4.78, 5) is 2.63. The van der Waals surface area contributed by atoms with Crippen molar-refractivity contribution in [3.8, 4) is 11.5 Å². The van der Waals surface area contributed by atoms with Gasteiger partial charge in [-0.1, -0.05) is 6.07 Å². The van der Waals surface area contributed by atoms with Gasteiger partial charge in [-0.25, -0.2) is 0 Å². The van der Waals surface area contributed by atoms with Crippen molar-refractivity contribution < 1.29 is 9.47 Å². The largest absolute Gasteiger partial charge is 0.493 e. The lowest BCUT2D eigenvalue weighted by Crippen LogP contribution is -2.32. The van der Waals surface area contributed by atoms with E-state index in [2.05, 4.69) is 22.3 Å². The number of nitrogens with zero attached hydrogens (tertiary/aromatic N) is 1. The predicted molar refractivity (Wildman–Crippen MR) is 79.4 cm³/mol. The molecule has 0 aromatic heterocycles. The van der Waals surface area contributed by atoms with Crippen molar-refractivity contribution >= 4 is 0 Å². The van der Waals surface area contributed by atoms with Crippen LogP contribution in [0.2, 0.25) is 0 Å². The van der Waals surface area contributed by atoms with E-state index in [1.165, 1.54) is 37.9 Å². The molecule has 4 heteroatoms. The van der Waals surface area contributed by atoms with Crippen molar-refractivity contribution in [2.75, 3.05) is 27.3 Å². The van der Waals surface area contributed by atoms with Crippen LogP contribution in [0.25, 0.3) is 0 Å². The van der Waals surface area contributed by atoms with Gasteiger partial charge in [-0.05, 0) is 37.0 Å². The second-order valence-electron chi connectivity index (χ2n) is 5.78. The third-order valence-corrected chi connectivity index (χ3v) is 4.33. The Balaban J connectivity index is 1.53. The van der Waals surface area contributed by atoms with E-state index in [1.807, 2.05) is 6.07 Å². The van der Waals surface area contributed by atoms with Crippen LogP contribution in [0.1, 0.15) is 24.8 Å². The summed E-state index contributed by atoms with van der Waals surface area (Å²) < 4.78 is 10.6. The molecule has 2 aliphatic rings. The van der Waals surface area contributed by atoms with Gasteiger partial charge in [0.1, 0.15) is 0 Å². The summed E-state index contributed by atoms with van der Waals surface area (Å²) in [5.74, 6) is 1.59. The molecule has 0 amide bonds.